The summed E-state index contributed by atoms with van der Waals surface area (Å²) in [7, 11) is 0. The molecule has 0 aliphatic rings. The number of rotatable bonds is 5. The number of nitrogens with one attached hydrogen (secondary N) is 1. The SMILES string of the molecule is CC(=O)N(CC(=O)NCc1ccncc1)c1ccccc1C#N. The average Bonchev–Trinajstić information content (AvgIpc) is 2.58. The zero-order chi connectivity index (χ0) is 16.7. The van der Waals surface area contributed by atoms with Gasteiger partial charge in [-0.25, -0.2) is 0 Å². The Morgan fingerprint density at radius 3 is 2.57 bits per heavy atom. The molecule has 0 spiro atoms. The van der Waals surface area contributed by atoms with Crippen molar-refractivity contribution in [3.8, 4) is 6.07 Å². The van der Waals surface area contributed by atoms with Gasteiger partial charge in [0.1, 0.15) is 12.6 Å². The van der Waals surface area contributed by atoms with Gasteiger partial charge in [0, 0.05) is 25.9 Å². The van der Waals surface area contributed by atoms with Gasteiger partial charge in [-0.05, 0) is 29.8 Å². The second-order valence-electron chi connectivity index (χ2n) is 4.87. The number of nitrogens with zero attached hydrogens (tertiary/aromatic N) is 3. The topological polar surface area (TPSA) is 86.1 Å². The molecule has 2 aromatic rings. The number of carbonyl (C=O) groups is 2. The third-order valence-corrected chi connectivity index (χ3v) is 3.24. The number of pyridine rings is 1. The van der Waals surface area contributed by atoms with Gasteiger partial charge in [-0.2, -0.15) is 5.26 Å². The number of hydrogen-bond donors (Lipinski definition) is 1. The Morgan fingerprint density at radius 2 is 1.91 bits per heavy atom. The second kappa shape index (κ2) is 7.71. The highest BCUT2D eigenvalue weighted by Crippen LogP contribution is 2.19. The summed E-state index contributed by atoms with van der Waals surface area (Å²) in [6, 6.07) is 12.3. The lowest BCUT2D eigenvalue weighted by molar-refractivity contribution is -0.123. The van der Waals surface area contributed by atoms with E-state index in [1.54, 1.807) is 48.8 Å². The molecule has 0 fully saturated rings. The smallest absolute Gasteiger partial charge is 0.240 e. The summed E-state index contributed by atoms with van der Waals surface area (Å²) in [5, 5.41) is 11.9. The lowest BCUT2D eigenvalue weighted by atomic mass is 10.1. The highest BCUT2D eigenvalue weighted by molar-refractivity contribution is 5.98. The van der Waals surface area contributed by atoms with E-state index in [0.717, 1.165) is 5.56 Å². The lowest BCUT2D eigenvalue weighted by Gasteiger charge is -2.21. The zero-order valence-corrected chi connectivity index (χ0v) is 12.7. The van der Waals surface area contributed by atoms with Gasteiger partial charge in [0.2, 0.25) is 11.8 Å². The van der Waals surface area contributed by atoms with Crippen molar-refractivity contribution >= 4 is 17.5 Å². The zero-order valence-electron chi connectivity index (χ0n) is 12.7. The van der Waals surface area contributed by atoms with Crippen molar-refractivity contribution in [2.75, 3.05) is 11.4 Å². The number of benzene rings is 1. The van der Waals surface area contributed by atoms with E-state index in [1.807, 2.05) is 6.07 Å². The summed E-state index contributed by atoms with van der Waals surface area (Å²) in [5.74, 6) is -0.600. The van der Waals surface area contributed by atoms with Crippen LogP contribution in [0.1, 0.15) is 18.1 Å². The molecule has 116 valence electrons. The summed E-state index contributed by atoms with van der Waals surface area (Å²) in [5.41, 5.74) is 1.70. The first-order valence-corrected chi connectivity index (χ1v) is 7.04. The third kappa shape index (κ3) is 4.38. The Balaban J connectivity index is 2.06. The van der Waals surface area contributed by atoms with E-state index in [4.69, 9.17) is 5.26 Å². The van der Waals surface area contributed by atoms with E-state index in [1.165, 1.54) is 11.8 Å². The Bertz CT molecular complexity index is 738. The van der Waals surface area contributed by atoms with Gasteiger partial charge in [0.15, 0.2) is 0 Å². The third-order valence-electron chi connectivity index (χ3n) is 3.24. The molecule has 0 aliphatic heterocycles. The first-order chi connectivity index (χ1) is 11.1. The van der Waals surface area contributed by atoms with Gasteiger partial charge in [-0.15, -0.1) is 0 Å². The van der Waals surface area contributed by atoms with E-state index in [0.29, 0.717) is 17.8 Å². The van der Waals surface area contributed by atoms with Crippen molar-refractivity contribution in [2.45, 2.75) is 13.5 Å². The highest BCUT2D eigenvalue weighted by atomic mass is 16.2. The number of nitriles is 1. The molecule has 1 N–H and O–H groups in total. The maximum Gasteiger partial charge on any atom is 0.240 e. The van der Waals surface area contributed by atoms with Gasteiger partial charge in [-0.3, -0.25) is 14.6 Å². The standard InChI is InChI=1S/C17H16N4O2/c1-13(22)21(16-5-3-2-4-15(16)10-18)12-17(23)20-11-14-6-8-19-9-7-14/h2-9H,11-12H2,1H3,(H,20,23). The van der Waals surface area contributed by atoms with Crippen LogP contribution < -0.4 is 10.2 Å². The molecule has 0 bridgehead atoms. The minimum absolute atomic E-state index is 0.140. The molecule has 6 nitrogen and oxygen atoms in total. The fourth-order valence-electron chi connectivity index (χ4n) is 2.07. The van der Waals surface area contributed by atoms with E-state index >= 15 is 0 Å². The Labute approximate surface area is 134 Å². The van der Waals surface area contributed by atoms with E-state index in [-0.39, 0.29) is 18.4 Å². The molecule has 2 rings (SSSR count). The molecular formula is C17H16N4O2. The van der Waals surface area contributed by atoms with Gasteiger partial charge in [0.05, 0.1) is 11.3 Å². The molecule has 1 heterocycles. The van der Waals surface area contributed by atoms with Crippen LogP contribution in [0.15, 0.2) is 48.8 Å². The maximum atomic E-state index is 12.1. The molecule has 23 heavy (non-hydrogen) atoms. The monoisotopic (exact) mass is 308 g/mol. The summed E-state index contributed by atoms with van der Waals surface area (Å²) < 4.78 is 0. The Kier molecular flexibility index (Phi) is 5.42. The summed E-state index contributed by atoms with van der Waals surface area (Å²) in [4.78, 5) is 29.1. The maximum absolute atomic E-state index is 12.1. The largest absolute Gasteiger partial charge is 0.350 e. The van der Waals surface area contributed by atoms with Crippen molar-refractivity contribution in [3.63, 3.8) is 0 Å². The van der Waals surface area contributed by atoms with E-state index < -0.39 is 0 Å². The number of aromatic nitrogens is 1. The Hall–Kier alpha value is -3.20. The quantitative estimate of drug-likeness (QED) is 0.909. The minimum atomic E-state index is -0.301. The predicted molar refractivity (Wildman–Crippen MR) is 85.3 cm³/mol. The number of para-hydroxylation sites is 1. The molecule has 0 saturated carbocycles. The first-order valence-electron chi connectivity index (χ1n) is 7.04. The van der Waals surface area contributed by atoms with Crippen molar-refractivity contribution < 1.29 is 9.59 Å². The second-order valence-corrected chi connectivity index (χ2v) is 4.87. The number of hydrogen-bond acceptors (Lipinski definition) is 4. The van der Waals surface area contributed by atoms with E-state index in [2.05, 4.69) is 10.3 Å². The first kappa shape index (κ1) is 16.2. The molecule has 0 atom stereocenters. The van der Waals surface area contributed by atoms with Crippen LogP contribution in [0, 0.1) is 11.3 Å². The van der Waals surface area contributed by atoms with Crippen molar-refractivity contribution in [3.05, 3.63) is 59.9 Å². The number of carbonyl (C=O) groups excluding carboxylic acids is 2. The van der Waals surface area contributed by atoms with Crippen LogP contribution in [0.5, 0.6) is 0 Å². The van der Waals surface area contributed by atoms with Crippen molar-refractivity contribution in [1.82, 2.24) is 10.3 Å². The molecule has 0 unspecified atom stereocenters. The van der Waals surface area contributed by atoms with Crippen LogP contribution in [-0.2, 0) is 16.1 Å². The molecule has 6 heteroatoms. The predicted octanol–water partition coefficient (Wildman–Crippen LogP) is 1.62. The van der Waals surface area contributed by atoms with Crippen LogP contribution in [0.3, 0.4) is 0 Å². The summed E-state index contributed by atoms with van der Waals surface area (Å²) in [6.07, 6.45) is 3.29. The molecule has 2 amide bonds. The van der Waals surface area contributed by atoms with Gasteiger partial charge < -0.3 is 10.2 Å². The van der Waals surface area contributed by atoms with Crippen LogP contribution >= 0.6 is 0 Å². The van der Waals surface area contributed by atoms with Crippen molar-refractivity contribution in [1.29, 1.82) is 5.26 Å². The molecule has 1 aromatic carbocycles. The Morgan fingerprint density at radius 1 is 1.22 bits per heavy atom. The van der Waals surface area contributed by atoms with Crippen LogP contribution in [0.25, 0.3) is 0 Å². The van der Waals surface area contributed by atoms with Crippen LogP contribution in [0.4, 0.5) is 5.69 Å². The highest BCUT2D eigenvalue weighted by Gasteiger charge is 2.18. The minimum Gasteiger partial charge on any atom is -0.350 e. The van der Waals surface area contributed by atoms with Crippen molar-refractivity contribution in [2.24, 2.45) is 0 Å². The number of amides is 2. The van der Waals surface area contributed by atoms with Gasteiger partial charge in [0.25, 0.3) is 0 Å². The van der Waals surface area contributed by atoms with Gasteiger partial charge >= 0.3 is 0 Å². The normalized spacial score (nSPS) is 9.74. The van der Waals surface area contributed by atoms with Crippen LogP contribution in [0.2, 0.25) is 0 Å². The molecule has 0 saturated heterocycles. The number of anilines is 1. The van der Waals surface area contributed by atoms with Crippen LogP contribution in [-0.4, -0.2) is 23.3 Å². The summed E-state index contributed by atoms with van der Waals surface area (Å²) >= 11 is 0. The molecular weight excluding hydrogens is 292 g/mol. The fraction of sp³-hybridized carbons (Fsp3) is 0.176. The fourth-order valence-corrected chi connectivity index (χ4v) is 2.07. The molecule has 0 aliphatic carbocycles. The van der Waals surface area contributed by atoms with E-state index in [9.17, 15) is 9.59 Å². The summed E-state index contributed by atoms with van der Waals surface area (Å²) in [6.45, 7) is 1.58. The molecule has 0 radical (unpaired) electrons. The van der Waals surface area contributed by atoms with Gasteiger partial charge in [-0.1, -0.05) is 12.1 Å². The molecule has 1 aromatic heterocycles. The average molecular weight is 308 g/mol. The lowest BCUT2D eigenvalue weighted by Crippen LogP contribution is -2.40.